The van der Waals surface area contributed by atoms with Gasteiger partial charge in [0, 0.05) is 13.1 Å². The van der Waals surface area contributed by atoms with Gasteiger partial charge < -0.3 is 20.7 Å². The summed E-state index contributed by atoms with van der Waals surface area (Å²) in [4.78, 5) is 14.6. The van der Waals surface area contributed by atoms with Crippen LogP contribution in [0.1, 0.15) is 30.4 Å². The van der Waals surface area contributed by atoms with Gasteiger partial charge in [-0.05, 0) is 37.0 Å². The lowest BCUT2D eigenvalue weighted by molar-refractivity contribution is 0.116. The Bertz CT molecular complexity index is 1090. The van der Waals surface area contributed by atoms with Crippen LogP contribution in [0.4, 0.5) is 10.5 Å². The smallest absolute Gasteiger partial charge is 0.344 e. The number of nitrogens with two attached hydrogens (primary N) is 1. The fourth-order valence-electron chi connectivity index (χ4n) is 3.84. The minimum absolute atomic E-state index is 0.0983. The first-order chi connectivity index (χ1) is 14.9. The number of amides is 2. The predicted octanol–water partition coefficient (Wildman–Crippen LogP) is 2.21. The van der Waals surface area contributed by atoms with Crippen LogP contribution in [-0.4, -0.2) is 44.4 Å². The molecule has 1 saturated heterocycles. The molecule has 4 rings (SSSR count). The summed E-state index contributed by atoms with van der Waals surface area (Å²) >= 11 is 0. The summed E-state index contributed by atoms with van der Waals surface area (Å²) in [7, 11) is -3.85. The molecule has 2 heterocycles. The molecule has 0 aromatic heterocycles. The van der Waals surface area contributed by atoms with E-state index in [4.69, 9.17) is 10.5 Å². The molecule has 2 aromatic rings. The molecule has 31 heavy (non-hydrogen) atoms. The highest BCUT2D eigenvalue weighted by molar-refractivity contribution is 7.91. The van der Waals surface area contributed by atoms with Crippen molar-refractivity contribution in [2.75, 3.05) is 17.9 Å². The van der Waals surface area contributed by atoms with E-state index in [1.165, 1.54) is 0 Å². The number of anilines is 1. The van der Waals surface area contributed by atoms with Crippen LogP contribution < -0.4 is 20.5 Å². The second-order valence-electron chi connectivity index (χ2n) is 7.53. The average molecular weight is 444 g/mol. The zero-order chi connectivity index (χ0) is 21.8. The first-order valence-corrected chi connectivity index (χ1v) is 11.6. The van der Waals surface area contributed by atoms with Crippen molar-refractivity contribution >= 4 is 27.8 Å². The molecule has 2 aromatic carbocycles. The highest BCUT2D eigenvalue weighted by Gasteiger charge is 2.29. The number of piperidine rings is 1. The maximum absolute atomic E-state index is 12.8. The van der Waals surface area contributed by atoms with E-state index < -0.39 is 10.2 Å². The van der Waals surface area contributed by atoms with Crippen molar-refractivity contribution in [1.29, 1.82) is 0 Å². The van der Waals surface area contributed by atoms with Crippen molar-refractivity contribution in [2.24, 2.45) is 10.1 Å². The van der Waals surface area contributed by atoms with E-state index in [2.05, 4.69) is 14.4 Å². The first kappa shape index (κ1) is 21.0. The topological polar surface area (TPSA) is 126 Å². The van der Waals surface area contributed by atoms with Crippen molar-refractivity contribution in [3.63, 3.8) is 0 Å². The number of urea groups is 1. The Morgan fingerprint density at radius 1 is 1.19 bits per heavy atom. The molecule has 10 heteroatoms. The van der Waals surface area contributed by atoms with E-state index in [9.17, 15) is 13.2 Å². The summed E-state index contributed by atoms with van der Waals surface area (Å²) in [6.07, 6.45) is 2.77. The van der Waals surface area contributed by atoms with Crippen LogP contribution in [0.2, 0.25) is 0 Å². The van der Waals surface area contributed by atoms with Gasteiger partial charge in [0.25, 0.3) is 0 Å². The summed E-state index contributed by atoms with van der Waals surface area (Å²) in [5, 5.41) is 2.98. The van der Waals surface area contributed by atoms with Crippen molar-refractivity contribution in [2.45, 2.75) is 31.8 Å². The molecule has 0 spiro atoms. The molecular formula is C21H25N5O4S. The second-order valence-corrected chi connectivity index (χ2v) is 8.87. The Balaban J connectivity index is 1.43. The van der Waals surface area contributed by atoms with E-state index >= 15 is 0 Å². The van der Waals surface area contributed by atoms with Gasteiger partial charge in [0.05, 0.1) is 17.3 Å². The molecule has 4 N–H and O–H groups in total. The molecule has 0 unspecified atom stereocenters. The van der Waals surface area contributed by atoms with Crippen LogP contribution in [0.5, 0.6) is 5.75 Å². The van der Waals surface area contributed by atoms with E-state index in [0.29, 0.717) is 30.1 Å². The van der Waals surface area contributed by atoms with E-state index in [0.717, 1.165) is 24.8 Å². The molecule has 1 fully saturated rings. The number of likely N-dealkylation sites (tertiary alicyclic amines) is 1. The molecule has 0 saturated carbocycles. The lowest BCUT2D eigenvalue weighted by atomic mass is 10.0. The maximum atomic E-state index is 12.8. The Labute approximate surface area is 181 Å². The van der Waals surface area contributed by atoms with Crippen LogP contribution in [-0.2, 0) is 16.8 Å². The zero-order valence-electron chi connectivity index (χ0n) is 17.0. The van der Waals surface area contributed by atoms with Gasteiger partial charge in [-0.15, -0.1) is 4.40 Å². The molecule has 9 nitrogen and oxygen atoms in total. The molecule has 2 aliphatic rings. The Hall–Kier alpha value is -3.27. The molecule has 2 amide bonds. The normalized spacial score (nSPS) is 19.5. The number of carbonyl (C=O) groups is 1. The number of ether oxygens (including phenoxy) is 1. The summed E-state index contributed by atoms with van der Waals surface area (Å²) in [6.45, 7) is 1.39. The number of benzene rings is 2. The summed E-state index contributed by atoms with van der Waals surface area (Å²) < 4.78 is 35.4. The SMILES string of the molecule is NC1=NS(=O)(=O)Nc2cccc(OC[C@H]3CCCCN3C(=O)NCc3ccccc3)c21. The number of rotatable bonds is 5. The van der Waals surface area contributed by atoms with Gasteiger partial charge >= 0.3 is 16.2 Å². The number of fused-ring (bicyclic) bond motifs is 1. The number of hydrogen-bond acceptors (Lipinski definition) is 5. The number of nitrogens with one attached hydrogen (secondary N) is 2. The number of carbonyl (C=O) groups excluding carboxylic acids is 1. The molecule has 1 atom stereocenters. The number of hydrogen-bond donors (Lipinski definition) is 3. The molecule has 164 valence electrons. The fourth-order valence-corrected chi connectivity index (χ4v) is 4.68. The molecule has 2 aliphatic heterocycles. The highest BCUT2D eigenvalue weighted by Crippen LogP contribution is 2.31. The quantitative estimate of drug-likeness (QED) is 0.653. The minimum Gasteiger partial charge on any atom is -0.491 e. The molecule has 0 bridgehead atoms. The van der Waals surface area contributed by atoms with Crippen molar-refractivity contribution < 1.29 is 17.9 Å². The van der Waals surface area contributed by atoms with Crippen LogP contribution in [0.25, 0.3) is 0 Å². The standard InChI is InChI=1S/C21H25N5O4S/c22-20-19-17(24-31(28,29)25-20)10-6-11-18(19)30-14-16-9-4-5-12-26(16)21(27)23-13-15-7-2-1-3-8-15/h1-3,6-8,10-11,16,24H,4-5,9,12-14H2,(H2,22,25)(H,23,27)/t16-/m1/s1. The van der Waals surface area contributed by atoms with Crippen molar-refractivity contribution in [1.82, 2.24) is 10.2 Å². The Morgan fingerprint density at radius 2 is 2.00 bits per heavy atom. The number of nitrogens with zero attached hydrogens (tertiary/aromatic N) is 2. The third kappa shape index (κ3) is 4.91. The van der Waals surface area contributed by atoms with E-state index in [1.54, 1.807) is 18.2 Å². The van der Waals surface area contributed by atoms with Gasteiger partial charge in [-0.1, -0.05) is 36.4 Å². The zero-order valence-corrected chi connectivity index (χ0v) is 17.8. The van der Waals surface area contributed by atoms with Crippen LogP contribution in [0.15, 0.2) is 52.9 Å². The number of amidine groups is 1. The van der Waals surface area contributed by atoms with Gasteiger partial charge in [-0.3, -0.25) is 4.72 Å². The Kier molecular flexibility index (Phi) is 5.99. The largest absolute Gasteiger partial charge is 0.491 e. The lowest BCUT2D eigenvalue weighted by Crippen LogP contribution is -2.50. The van der Waals surface area contributed by atoms with Gasteiger partial charge in [0.2, 0.25) is 0 Å². The fraction of sp³-hybridized carbons (Fsp3) is 0.333. The minimum atomic E-state index is -3.85. The van der Waals surface area contributed by atoms with Gasteiger partial charge in [0.15, 0.2) is 5.84 Å². The monoisotopic (exact) mass is 443 g/mol. The van der Waals surface area contributed by atoms with Gasteiger partial charge in [-0.25, -0.2) is 4.79 Å². The molecule has 0 aliphatic carbocycles. The Morgan fingerprint density at radius 3 is 2.81 bits per heavy atom. The maximum Gasteiger partial charge on any atom is 0.344 e. The van der Waals surface area contributed by atoms with Gasteiger partial charge in [0.1, 0.15) is 12.4 Å². The van der Waals surface area contributed by atoms with Crippen molar-refractivity contribution in [3.8, 4) is 5.75 Å². The van der Waals surface area contributed by atoms with Crippen molar-refractivity contribution in [3.05, 3.63) is 59.7 Å². The van der Waals surface area contributed by atoms with Crippen LogP contribution in [0.3, 0.4) is 0 Å². The molecular weight excluding hydrogens is 418 g/mol. The summed E-state index contributed by atoms with van der Waals surface area (Å²) in [5.74, 6) is 0.307. The highest BCUT2D eigenvalue weighted by atomic mass is 32.2. The lowest BCUT2D eigenvalue weighted by Gasteiger charge is -2.35. The molecule has 0 radical (unpaired) electrons. The van der Waals surface area contributed by atoms with E-state index in [1.807, 2.05) is 35.2 Å². The van der Waals surface area contributed by atoms with Crippen LogP contribution in [0, 0.1) is 0 Å². The average Bonchev–Trinajstić information content (AvgIpc) is 2.76. The van der Waals surface area contributed by atoms with Crippen LogP contribution >= 0.6 is 0 Å². The third-order valence-electron chi connectivity index (χ3n) is 5.35. The van der Waals surface area contributed by atoms with E-state index in [-0.39, 0.29) is 24.5 Å². The summed E-state index contributed by atoms with van der Waals surface area (Å²) in [6, 6.07) is 14.5. The second kappa shape index (κ2) is 8.84. The third-order valence-corrected chi connectivity index (χ3v) is 6.26. The predicted molar refractivity (Wildman–Crippen MR) is 118 cm³/mol. The summed E-state index contributed by atoms with van der Waals surface area (Å²) in [5.41, 5.74) is 7.65. The van der Waals surface area contributed by atoms with Gasteiger partial charge in [-0.2, -0.15) is 8.42 Å². The first-order valence-electron chi connectivity index (χ1n) is 10.2.